The fourth-order valence-electron chi connectivity index (χ4n) is 3.18. The summed E-state index contributed by atoms with van der Waals surface area (Å²) in [6.45, 7) is 0.294. The number of methoxy groups -OCH3 is 1. The van der Waals surface area contributed by atoms with Gasteiger partial charge in [0.05, 0.1) is 23.9 Å². The van der Waals surface area contributed by atoms with Crippen molar-refractivity contribution < 1.29 is 13.9 Å². The van der Waals surface area contributed by atoms with E-state index in [1.165, 1.54) is 0 Å². The number of furan rings is 1. The molecular formula is C22H17N3O3S. The molecule has 6 nitrogen and oxygen atoms in total. The fourth-order valence-corrected chi connectivity index (χ4v) is 4.11. The molecule has 0 aliphatic heterocycles. The number of nitrogens with one attached hydrogen (secondary N) is 2. The van der Waals surface area contributed by atoms with E-state index in [1.54, 1.807) is 18.4 Å². The van der Waals surface area contributed by atoms with Gasteiger partial charge in [-0.05, 0) is 42.5 Å². The van der Waals surface area contributed by atoms with Gasteiger partial charge in [0.15, 0.2) is 10.8 Å². The first-order chi connectivity index (χ1) is 14.2. The highest BCUT2D eigenvalue weighted by atomic mass is 32.1. The van der Waals surface area contributed by atoms with Gasteiger partial charge in [-0.2, -0.15) is 0 Å². The van der Waals surface area contributed by atoms with Crippen LogP contribution in [0.5, 0.6) is 5.75 Å². The molecule has 0 fully saturated rings. The summed E-state index contributed by atoms with van der Waals surface area (Å²) >= 11 is 1.58. The highest BCUT2D eigenvalue weighted by molar-refractivity contribution is 7.21. The number of aromatic nitrogens is 2. The zero-order valence-corrected chi connectivity index (χ0v) is 16.4. The lowest BCUT2D eigenvalue weighted by atomic mass is 10.2. The van der Waals surface area contributed by atoms with Crippen molar-refractivity contribution in [1.29, 1.82) is 0 Å². The number of thiazole rings is 1. The molecule has 2 N–H and O–H groups in total. The Morgan fingerprint density at radius 3 is 2.93 bits per heavy atom. The Bertz CT molecular complexity index is 1300. The predicted octanol–water partition coefficient (Wildman–Crippen LogP) is 4.98. The Morgan fingerprint density at radius 2 is 2.07 bits per heavy atom. The van der Waals surface area contributed by atoms with Crippen LogP contribution in [0.1, 0.15) is 16.2 Å². The van der Waals surface area contributed by atoms with Crippen LogP contribution in [0.25, 0.3) is 31.9 Å². The number of amides is 1. The number of rotatable bonds is 5. The first-order valence-corrected chi connectivity index (χ1v) is 9.91. The molecule has 0 atom stereocenters. The number of fused-ring (bicyclic) bond motifs is 2. The Morgan fingerprint density at radius 1 is 1.17 bits per heavy atom. The minimum atomic E-state index is -0.196. The lowest BCUT2D eigenvalue weighted by Gasteiger charge is -2.01. The van der Waals surface area contributed by atoms with Crippen LogP contribution < -0.4 is 10.1 Å². The smallest absolute Gasteiger partial charge is 0.268 e. The van der Waals surface area contributed by atoms with Gasteiger partial charge in [-0.1, -0.05) is 12.1 Å². The molecular weight excluding hydrogens is 386 g/mol. The molecule has 5 rings (SSSR count). The molecule has 0 saturated heterocycles. The SMILES string of the molecule is COc1ccc2cc(C(=O)NCc3ccc(-c4nc5ccccc5s4)o3)[nH]c2c1. The molecule has 1 amide bonds. The summed E-state index contributed by atoms with van der Waals surface area (Å²) in [7, 11) is 1.61. The third-order valence-electron chi connectivity index (χ3n) is 4.66. The molecule has 0 aliphatic rings. The Kier molecular flexibility index (Phi) is 4.29. The van der Waals surface area contributed by atoms with Gasteiger partial charge in [-0.15, -0.1) is 11.3 Å². The van der Waals surface area contributed by atoms with Crippen molar-refractivity contribution in [1.82, 2.24) is 15.3 Å². The van der Waals surface area contributed by atoms with Crippen molar-refractivity contribution in [2.75, 3.05) is 7.11 Å². The summed E-state index contributed by atoms with van der Waals surface area (Å²) in [5, 5.41) is 4.66. The highest BCUT2D eigenvalue weighted by Crippen LogP contribution is 2.31. The number of carbonyl (C=O) groups is 1. The van der Waals surface area contributed by atoms with Crippen molar-refractivity contribution in [2.45, 2.75) is 6.54 Å². The van der Waals surface area contributed by atoms with Crippen LogP contribution in [-0.4, -0.2) is 23.0 Å². The summed E-state index contributed by atoms with van der Waals surface area (Å²) in [6, 6.07) is 19.2. The normalized spacial score (nSPS) is 11.2. The number of para-hydroxylation sites is 1. The lowest BCUT2D eigenvalue weighted by Crippen LogP contribution is -2.22. The minimum Gasteiger partial charge on any atom is -0.497 e. The van der Waals surface area contributed by atoms with E-state index in [-0.39, 0.29) is 5.91 Å². The van der Waals surface area contributed by atoms with E-state index in [2.05, 4.69) is 15.3 Å². The Balaban J connectivity index is 1.29. The van der Waals surface area contributed by atoms with Crippen LogP contribution in [0.15, 0.2) is 65.1 Å². The van der Waals surface area contributed by atoms with Crippen LogP contribution in [0.2, 0.25) is 0 Å². The number of H-pyrrole nitrogens is 1. The number of hydrogen-bond acceptors (Lipinski definition) is 5. The number of nitrogens with zero attached hydrogens (tertiary/aromatic N) is 1. The predicted molar refractivity (Wildman–Crippen MR) is 113 cm³/mol. The van der Waals surface area contributed by atoms with Gasteiger partial charge < -0.3 is 19.5 Å². The molecule has 3 heterocycles. The van der Waals surface area contributed by atoms with Gasteiger partial charge in [0, 0.05) is 17.0 Å². The van der Waals surface area contributed by atoms with Crippen LogP contribution in [0.3, 0.4) is 0 Å². The van der Waals surface area contributed by atoms with Crippen molar-refractivity contribution >= 4 is 38.4 Å². The van der Waals surface area contributed by atoms with Crippen LogP contribution in [0.4, 0.5) is 0 Å². The molecule has 3 aromatic heterocycles. The number of carbonyl (C=O) groups excluding carboxylic acids is 1. The second kappa shape index (κ2) is 7.10. The molecule has 5 aromatic rings. The van der Waals surface area contributed by atoms with Gasteiger partial charge >= 0.3 is 0 Å². The van der Waals surface area contributed by atoms with Gasteiger partial charge in [0.25, 0.3) is 5.91 Å². The van der Waals surface area contributed by atoms with Crippen LogP contribution in [0, 0.1) is 0 Å². The topological polar surface area (TPSA) is 80.2 Å². The maximum Gasteiger partial charge on any atom is 0.268 e. The van der Waals surface area contributed by atoms with Crippen molar-refractivity contribution in [3.8, 4) is 16.5 Å². The molecule has 0 unspecified atom stereocenters. The van der Waals surface area contributed by atoms with Gasteiger partial charge in [0.2, 0.25) is 0 Å². The molecule has 2 aromatic carbocycles. The standard InChI is InChI=1S/C22H17N3O3S/c1-27-14-7-6-13-10-18(24-17(13)11-14)21(26)23-12-15-8-9-19(28-15)22-25-16-4-2-3-5-20(16)29-22/h2-11,24H,12H2,1H3,(H,23,26). The van der Waals surface area contributed by atoms with E-state index < -0.39 is 0 Å². The molecule has 0 aliphatic carbocycles. The summed E-state index contributed by atoms with van der Waals surface area (Å²) in [5.74, 6) is 1.92. The number of aromatic amines is 1. The molecule has 0 saturated carbocycles. The first kappa shape index (κ1) is 17.5. The number of hydrogen-bond donors (Lipinski definition) is 2. The summed E-state index contributed by atoms with van der Waals surface area (Å²) in [4.78, 5) is 20.2. The number of benzene rings is 2. The van der Waals surface area contributed by atoms with Crippen LogP contribution in [-0.2, 0) is 6.54 Å². The Hall–Kier alpha value is -3.58. The van der Waals surface area contributed by atoms with Gasteiger partial charge in [-0.3, -0.25) is 4.79 Å². The molecule has 0 radical (unpaired) electrons. The minimum absolute atomic E-state index is 0.196. The average molecular weight is 403 g/mol. The molecule has 29 heavy (non-hydrogen) atoms. The van der Waals surface area contributed by atoms with Crippen LogP contribution >= 0.6 is 11.3 Å². The summed E-state index contributed by atoms with van der Waals surface area (Å²) < 4.78 is 12.2. The van der Waals surface area contributed by atoms with Gasteiger partial charge in [-0.25, -0.2) is 4.98 Å². The molecule has 7 heteroatoms. The Labute approximate surface area is 170 Å². The van der Waals surface area contributed by atoms with Crippen molar-refractivity contribution in [3.63, 3.8) is 0 Å². The van der Waals surface area contributed by atoms with E-state index >= 15 is 0 Å². The second-order valence-electron chi connectivity index (χ2n) is 6.57. The van der Waals surface area contributed by atoms with E-state index in [4.69, 9.17) is 9.15 Å². The molecule has 144 valence electrons. The summed E-state index contributed by atoms with van der Waals surface area (Å²) in [6.07, 6.45) is 0. The van der Waals surface area contributed by atoms with E-state index in [0.717, 1.165) is 31.9 Å². The third-order valence-corrected chi connectivity index (χ3v) is 5.71. The van der Waals surface area contributed by atoms with E-state index in [0.29, 0.717) is 23.8 Å². The summed E-state index contributed by atoms with van der Waals surface area (Å²) in [5.41, 5.74) is 2.30. The largest absolute Gasteiger partial charge is 0.497 e. The zero-order chi connectivity index (χ0) is 19.8. The third kappa shape index (κ3) is 3.36. The highest BCUT2D eigenvalue weighted by Gasteiger charge is 2.13. The first-order valence-electron chi connectivity index (χ1n) is 9.09. The monoisotopic (exact) mass is 403 g/mol. The molecule has 0 spiro atoms. The fraction of sp³-hybridized carbons (Fsp3) is 0.0909. The lowest BCUT2D eigenvalue weighted by molar-refractivity contribution is 0.0944. The number of ether oxygens (including phenoxy) is 1. The molecule has 0 bridgehead atoms. The van der Waals surface area contributed by atoms with Gasteiger partial charge in [0.1, 0.15) is 17.2 Å². The zero-order valence-electron chi connectivity index (χ0n) is 15.6. The van der Waals surface area contributed by atoms with E-state index in [9.17, 15) is 4.79 Å². The quantitative estimate of drug-likeness (QED) is 0.434. The maximum atomic E-state index is 12.5. The average Bonchev–Trinajstić information content (AvgIpc) is 3.48. The second-order valence-corrected chi connectivity index (χ2v) is 7.60. The van der Waals surface area contributed by atoms with E-state index in [1.807, 2.05) is 60.7 Å². The van der Waals surface area contributed by atoms with Crippen molar-refractivity contribution in [3.05, 3.63) is 72.1 Å². The maximum absolute atomic E-state index is 12.5. The van der Waals surface area contributed by atoms with Crippen molar-refractivity contribution in [2.24, 2.45) is 0 Å².